The number of benzene rings is 1. The van der Waals surface area contributed by atoms with Crippen molar-refractivity contribution in [2.45, 2.75) is 39.2 Å². The van der Waals surface area contributed by atoms with Crippen LogP contribution in [-0.2, 0) is 29.0 Å². The Kier molecular flexibility index (Phi) is 5.71. The first-order valence-corrected chi connectivity index (χ1v) is 12.1. The van der Waals surface area contributed by atoms with Gasteiger partial charge in [0.15, 0.2) is 15.7 Å². The lowest BCUT2D eigenvalue weighted by atomic mass is 10.1. The fourth-order valence-electron chi connectivity index (χ4n) is 4.51. The molecule has 10 heteroatoms. The van der Waals surface area contributed by atoms with Crippen LogP contribution in [0.2, 0.25) is 0 Å². The van der Waals surface area contributed by atoms with Gasteiger partial charge in [0.05, 0.1) is 16.5 Å². The van der Waals surface area contributed by atoms with Crippen molar-refractivity contribution in [3.63, 3.8) is 0 Å². The van der Waals surface area contributed by atoms with Gasteiger partial charge in [-0.05, 0) is 61.7 Å². The molecule has 8 nitrogen and oxygen atoms in total. The van der Waals surface area contributed by atoms with Crippen molar-refractivity contribution >= 4 is 46.2 Å². The molecule has 0 radical (unpaired) electrons. The molecule has 33 heavy (non-hydrogen) atoms. The number of allylic oxidation sites excluding steroid dienone is 1. The Hall–Kier alpha value is -3.11. The highest BCUT2D eigenvalue weighted by Crippen LogP contribution is 2.34. The van der Waals surface area contributed by atoms with E-state index in [9.17, 15) is 9.59 Å². The van der Waals surface area contributed by atoms with Crippen molar-refractivity contribution in [2.24, 2.45) is 5.92 Å². The molecule has 5 rings (SSSR count). The predicted molar refractivity (Wildman–Crippen MR) is 131 cm³/mol. The van der Waals surface area contributed by atoms with Crippen molar-refractivity contribution in [1.29, 1.82) is 0 Å². The summed E-state index contributed by atoms with van der Waals surface area (Å²) >= 11 is 6.63. The van der Waals surface area contributed by atoms with E-state index >= 15 is 0 Å². The molecule has 1 unspecified atom stereocenters. The number of thiazole rings is 1. The molecule has 1 aromatic carbocycles. The van der Waals surface area contributed by atoms with Crippen LogP contribution in [0.3, 0.4) is 0 Å². The standard InChI is InChI=1S/C23H24N6O2S2/c1-3-9-28-20(26-27-23(28)32)19-13(2)24-22(33-19)25-21(31)16-11-18(30)29(12-16)17-8-7-14-5-4-6-15(14)10-17/h3,7-8,10,16H,1,4-6,9,11-12H2,2H3,(H,27,32)(H,24,25,31). The van der Waals surface area contributed by atoms with E-state index in [-0.39, 0.29) is 18.2 Å². The lowest BCUT2D eigenvalue weighted by Gasteiger charge is -2.17. The van der Waals surface area contributed by atoms with Crippen LogP contribution in [0, 0.1) is 17.6 Å². The number of hydrogen-bond donors (Lipinski definition) is 2. The molecule has 2 N–H and O–H groups in total. The van der Waals surface area contributed by atoms with Gasteiger partial charge < -0.3 is 10.2 Å². The molecule has 0 saturated carbocycles. The molecular weight excluding hydrogens is 456 g/mol. The summed E-state index contributed by atoms with van der Waals surface area (Å²) in [7, 11) is 0. The molecule has 1 fully saturated rings. The minimum Gasteiger partial charge on any atom is -0.312 e. The van der Waals surface area contributed by atoms with Crippen LogP contribution in [0.4, 0.5) is 10.8 Å². The molecule has 3 aromatic rings. The van der Waals surface area contributed by atoms with Crippen molar-refractivity contribution in [3.8, 4) is 10.7 Å². The van der Waals surface area contributed by atoms with Crippen molar-refractivity contribution in [3.05, 3.63) is 52.4 Å². The predicted octanol–water partition coefficient (Wildman–Crippen LogP) is 4.04. The van der Waals surface area contributed by atoms with E-state index < -0.39 is 5.92 Å². The number of carbonyl (C=O) groups is 2. The zero-order chi connectivity index (χ0) is 23.1. The summed E-state index contributed by atoms with van der Waals surface area (Å²) < 4.78 is 2.33. The Morgan fingerprint density at radius 2 is 2.21 bits per heavy atom. The number of anilines is 2. The van der Waals surface area contributed by atoms with E-state index in [0.717, 1.165) is 35.5 Å². The lowest BCUT2D eigenvalue weighted by molar-refractivity contribution is -0.122. The summed E-state index contributed by atoms with van der Waals surface area (Å²) in [5, 5.41) is 10.5. The van der Waals surface area contributed by atoms with Gasteiger partial charge in [0.2, 0.25) is 11.8 Å². The molecule has 0 spiro atoms. The monoisotopic (exact) mass is 480 g/mol. The number of nitrogens with one attached hydrogen (secondary N) is 2. The van der Waals surface area contributed by atoms with Gasteiger partial charge >= 0.3 is 0 Å². The molecule has 1 atom stereocenters. The van der Waals surface area contributed by atoms with Crippen LogP contribution in [0.15, 0.2) is 30.9 Å². The molecular formula is C23H24N6O2S2. The Balaban J connectivity index is 1.31. The van der Waals surface area contributed by atoms with Crippen molar-refractivity contribution in [2.75, 3.05) is 16.8 Å². The van der Waals surface area contributed by atoms with Crippen molar-refractivity contribution < 1.29 is 9.59 Å². The normalized spacial score (nSPS) is 17.4. The molecule has 2 amide bonds. The SMILES string of the molecule is C=CCn1c(-c2sc(NC(=O)C3CC(=O)N(c4ccc5c(c4)CCC5)C3)nc2C)n[nH]c1=S. The smallest absolute Gasteiger partial charge is 0.231 e. The lowest BCUT2D eigenvalue weighted by Crippen LogP contribution is -2.28. The van der Waals surface area contributed by atoms with Gasteiger partial charge in [-0.3, -0.25) is 19.3 Å². The second-order valence-corrected chi connectivity index (χ2v) is 9.77. The van der Waals surface area contributed by atoms with Gasteiger partial charge in [-0.2, -0.15) is 5.10 Å². The second-order valence-electron chi connectivity index (χ2n) is 8.39. The molecule has 170 valence electrons. The average molecular weight is 481 g/mol. The maximum absolute atomic E-state index is 13.0. The average Bonchev–Trinajstić information content (AvgIpc) is 3.56. The van der Waals surface area contributed by atoms with Gasteiger partial charge in [-0.1, -0.05) is 23.5 Å². The summed E-state index contributed by atoms with van der Waals surface area (Å²) in [4.78, 5) is 32.7. The maximum atomic E-state index is 13.0. The van der Waals surface area contributed by atoms with Crippen LogP contribution in [0.1, 0.15) is 29.7 Å². The molecule has 1 aliphatic heterocycles. The maximum Gasteiger partial charge on any atom is 0.231 e. The fraction of sp³-hybridized carbons (Fsp3) is 0.348. The van der Waals surface area contributed by atoms with Crippen LogP contribution in [0.25, 0.3) is 10.7 Å². The van der Waals surface area contributed by atoms with E-state index in [1.165, 1.54) is 22.5 Å². The molecule has 3 heterocycles. The van der Waals surface area contributed by atoms with Crippen LogP contribution in [-0.4, -0.2) is 38.1 Å². The number of aryl methyl sites for hydroxylation is 3. The zero-order valence-electron chi connectivity index (χ0n) is 18.3. The minimum absolute atomic E-state index is 0.0240. The molecule has 1 saturated heterocycles. The third-order valence-electron chi connectivity index (χ3n) is 6.19. The van der Waals surface area contributed by atoms with Gasteiger partial charge in [-0.25, -0.2) is 4.98 Å². The van der Waals surface area contributed by atoms with E-state index in [2.05, 4.69) is 39.2 Å². The number of hydrogen-bond acceptors (Lipinski definition) is 6. The first kappa shape index (κ1) is 21.7. The van der Waals surface area contributed by atoms with Crippen LogP contribution < -0.4 is 10.2 Å². The number of amides is 2. The number of nitrogens with zero attached hydrogens (tertiary/aromatic N) is 4. The van der Waals surface area contributed by atoms with Gasteiger partial charge in [-0.15, -0.1) is 6.58 Å². The third-order valence-corrected chi connectivity index (χ3v) is 7.57. The van der Waals surface area contributed by atoms with E-state index in [4.69, 9.17) is 12.2 Å². The highest BCUT2D eigenvalue weighted by Gasteiger charge is 2.36. The summed E-state index contributed by atoms with van der Waals surface area (Å²) in [6.07, 6.45) is 5.25. The largest absolute Gasteiger partial charge is 0.312 e. The zero-order valence-corrected chi connectivity index (χ0v) is 19.9. The Labute approximate surface area is 200 Å². The molecule has 0 bridgehead atoms. The number of aromatic amines is 1. The highest BCUT2D eigenvalue weighted by atomic mass is 32.1. The first-order valence-electron chi connectivity index (χ1n) is 10.9. The quantitative estimate of drug-likeness (QED) is 0.410. The molecule has 2 aliphatic rings. The summed E-state index contributed by atoms with van der Waals surface area (Å²) in [5.74, 6) is 0.0179. The van der Waals surface area contributed by atoms with E-state index in [1.807, 2.05) is 17.6 Å². The number of fused-ring (bicyclic) bond motifs is 1. The van der Waals surface area contributed by atoms with Gasteiger partial charge in [0.25, 0.3) is 0 Å². The van der Waals surface area contributed by atoms with Crippen LogP contribution in [0.5, 0.6) is 0 Å². The Morgan fingerprint density at radius 1 is 1.39 bits per heavy atom. The van der Waals surface area contributed by atoms with Crippen LogP contribution >= 0.6 is 23.6 Å². The van der Waals surface area contributed by atoms with Gasteiger partial charge in [0.1, 0.15) is 0 Å². The third kappa shape index (κ3) is 4.04. The molecule has 1 aliphatic carbocycles. The minimum atomic E-state index is -0.422. The summed E-state index contributed by atoms with van der Waals surface area (Å²) in [6, 6.07) is 6.21. The Bertz CT molecular complexity index is 1320. The number of carbonyl (C=O) groups excluding carboxylic acids is 2. The number of H-pyrrole nitrogens is 1. The number of rotatable bonds is 6. The Morgan fingerprint density at radius 3 is 3.03 bits per heavy atom. The topological polar surface area (TPSA) is 95.9 Å². The van der Waals surface area contributed by atoms with E-state index in [0.29, 0.717) is 28.8 Å². The second kappa shape index (κ2) is 8.68. The van der Waals surface area contributed by atoms with Gasteiger partial charge in [0, 0.05) is 25.2 Å². The highest BCUT2D eigenvalue weighted by molar-refractivity contribution is 7.71. The van der Waals surface area contributed by atoms with E-state index in [1.54, 1.807) is 11.0 Å². The molecule has 2 aromatic heterocycles. The van der Waals surface area contributed by atoms with Crippen molar-refractivity contribution in [1.82, 2.24) is 19.7 Å². The first-order chi connectivity index (χ1) is 15.9. The number of aromatic nitrogens is 4. The fourth-order valence-corrected chi connectivity index (χ4v) is 5.69. The summed E-state index contributed by atoms with van der Waals surface area (Å²) in [6.45, 7) is 6.53. The summed E-state index contributed by atoms with van der Waals surface area (Å²) in [5.41, 5.74) is 4.31.